The topological polar surface area (TPSA) is 135 Å². The fourth-order valence-electron chi connectivity index (χ4n) is 3.98. The summed E-state index contributed by atoms with van der Waals surface area (Å²) in [6.07, 6.45) is 0.328. The first-order valence-corrected chi connectivity index (χ1v) is 13.7. The van der Waals surface area contributed by atoms with E-state index in [9.17, 15) is 22.8 Å². The molecule has 5 heterocycles. The quantitative estimate of drug-likeness (QED) is 0.304. The molecule has 0 aliphatic carbocycles. The van der Waals surface area contributed by atoms with E-state index in [1.807, 2.05) is 12.1 Å². The minimum atomic E-state index is -4.71. The number of halogens is 4. The molecule has 1 aliphatic heterocycles. The number of pyridine rings is 2. The Kier molecular flexibility index (Phi) is 8.61. The first-order valence-electron chi connectivity index (χ1n) is 12.5. The molecule has 11 nitrogen and oxygen atoms in total. The second kappa shape index (κ2) is 12.3. The van der Waals surface area contributed by atoms with Gasteiger partial charge >= 0.3 is 6.18 Å². The van der Waals surface area contributed by atoms with Crippen molar-refractivity contribution in [1.82, 2.24) is 30.2 Å². The van der Waals surface area contributed by atoms with E-state index in [1.54, 1.807) is 19.2 Å². The Morgan fingerprint density at radius 2 is 1.81 bits per heavy atom. The summed E-state index contributed by atoms with van der Waals surface area (Å²) in [6.45, 7) is 4.49. The maximum absolute atomic E-state index is 13.1. The van der Waals surface area contributed by atoms with Crippen molar-refractivity contribution in [2.75, 3.05) is 36.5 Å². The standard InChI is InChI=1S/C26H22ClF3N8O3S/c1-14(25-33-12-20(42-25)24(40)37-21-8-16(26(28,29)30)17(27)11-31-21)36-23(39)19-9-18(34-13-35-19)15-2-3-22(32-10-15)38-4-6-41-7-5-38/h2-3,8-14H,4-7H2,1H3,(H,36,39)(H,31,37,40). The van der Waals surface area contributed by atoms with E-state index >= 15 is 0 Å². The molecule has 0 saturated carbocycles. The monoisotopic (exact) mass is 618 g/mol. The number of anilines is 2. The molecular weight excluding hydrogens is 597 g/mol. The number of aromatic nitrogens is 5. The Labute approximate surface area is 246 Å². The van der Waals surface area contributed by atoms with Crippen molar-refractivity contribution in [1.29, 1.82) is 0 Å². The number of hydrogen-bond donors (Lipinski definition) is 2. The second-order valence-corrected chi connectivity index (χ2v) is 10.5. The van der Waals surface area contributed by atoms with Gasteiger partial charge in [0.1, 0.15) is 33.5 Å². The molecule has 1 atom stereocenters. The van der Waals surface area contributed by atoms with Gasteiger partial charge in [0.05, 0.1) is 41.7 Å². The summed E-state index contributed by atoms with van der Waals surface area (Å²) in [7, 11) is 0. The van der Waals surface area contributed by atoms with Crippen LogP contribution >= 0.6 is 22.9 Å². The molecule has 0 spiro atoms. The zero-order valence-corrected chi connectivity index (χ0v) is 23.4. The number of amides is 2. The highest BCUT2D eigenvalue weighted by atomic mass is 35.5. The molecular formula is C26H22ClF3N8O3S. The molecule has 0 aromatic carbocycles. The summed E-state index contributed by atoms with van der Waals surface area (Å²) in [5.74, 6) is -0.697. The van der Waals surface area contributed by atoms with Crippen LogP contribution in [0.3, 0.4) is 0 Å². The van der Waals surface area contributed by atoms with Crippen molar-refractivity contribution in [2.45, 2.75) is 19.1 Å². The number of rotatable bonds is 7. The Morgan fingerprint density at radius 1 is 1.02 bits per heavy atom. The molecule has 42 heavy (non-hydrogen) atoms. The van der Waals surface area contributed by atoms with Crippen LogP contribution in [0.2, 0.25) is 5.02 Å². The molecule has 2 N–H and O–H groups in total. The van der Waals surface area contributed by atoms with Gasteiger partial charge in [-0.3, -0.25) is 9.59 Å². The van der Waals surface area contributed by atoms with Crippen LogP contribution in [0.15, 0.2) is 49.2 Å². The number of nitrogens with one attached hydrogen (secondary N) is 2. The van der Waals surface area contributed by atoms with Crippen LogP contribution in [-0.4, -0.2) is 63.0 Å². The molecule has 16 heteroatoms. The van der Waals surface area contributed by atoms with Gasteiger partial charge in [0.2, 0.25) is 0 Å². The predicted molar refractivity (Wildman–Crippen MR) is 148 cm³/mol. The van der Waals surface area contributed by atoms with Crippen LogP contribution in [0, 0.1) is 0 Å². The first-order chi connectivity index (χ1) is 20.1. The van der Waals surface area contributed by atoms with Crippen LogP contribution in [-0.2, 0) is 10.9 Å². The van der Waals surface area contributed by atoms with Crippen molar-refractivity contribution in [2.24, 2.45) is 0 Å². The highest BCUT2D eigenvalue weighted by Gasteiger charge is 2.34. The highest BCUT2D eigenvalue weighted by molar-refractivity contribution is 7.13. The largest absolute Gasteiger partial charge is 0.418 e. The number of morpholine rings is 1. The lowest BCUT2D eigenvalue weighted by atomic mass is 10.1. The third-order valence-electron chi connectivity index (χ3n) is 6.15. The SMILES string of the molecule is CC(NC(=O)c1cc(-c2ccc(N3CCOCC3)nc2)ncn1)c1ncc(C(=O)Nc2cc(C(F)(F)F)c(Cl)cn2)s1. The maximum atomic E-state index is 13.1. The second-order valence-electron chi connectivity index (χ2n) is 9.05. The highest BCUT2D eigenvalue weighted by Crippen LogP contribution is 2.35. The van der Waals surface area contributed by atoms with Crippen LogP contribution in [0.5, 0.6) is 0 Å². The lowest BCUT2D eigenvalue weighted by Crippen LogP contribution is -2.36. The van der Waals surface area contributed by atoms with Crippen LogP contribution in [0.25, 0.3) is 11.3 Å². The molecule has 1 unspecified atom stereocenters. The van der Waals surface area contributed by atoms with Gasteiger partial charge in [-0.05, 0) is 31.2 Å². The van der Waals surface area contributed by atoms with E-state index in [2.05, 4.69) is 40.5 Å². The Balaban J connectivity index is 1.22. The summed E-state index contributed by atoms with van der Waals surface area (Å²) < 4.78 is 44.7. The predicted octanol–water partition coefficient (Wildman–Crippen LogP) is 4.64. The molecule has 218 valence electrons. The van der Waals surface area contributed by atoms with E-state index in [1.165, 1.54) is 12.5 Å². The number of carbonyl (C=O) groups is 2. The molecule has 0 bridgehead atoms. The smallest absolute Gasteiger partial charge is 0.378 e. The minimum absolute atomic E-state index is 0.105. The average Bonchev–Trinajstić information content (AvgIpc) is 3.49. The lowest BCUT2D eigenvalue weighted by molar-refractivity contribution is -0.137. The average molecular weight is 619 g/mol. The third-order valence-corrected chi connectivity index (χ3v) is 7.63. The van der Waals surface area contributed by atoms with Gasteiger partial charge in [0, 0.05) is 31.0 Å². The van der Waals surface area contributed by atoms with Gasteiger partial charge in [0.15, 0.2) is 0 Å². The fraction of sp³-hybridized carbons (Fsp3) is 0.269. The number of ether oxygens (including phenoxy) is 1. The number of carbonyl (C=O) groups excluding carboxylic acids is 2. The molecule has 1 aliphatic rings. The normalized spacial score (nSPS) is 14.4. The van der Waals surface area contributed by atoms with E-state index in [4.69, 9.17) is 16.3 Å². The van der Waals surface area contributed by atoms with Gasteiger partial charge in [-0.25, -0.2) is 24.9 Å². The van der Waals surface area contributed by atoms with Crippen LogP contribution < -0.4 is 15.5 Å². The zero-order chi connectivity index (χ0) is 29.9. The van der Waals surface area contributed by atoms with Gasteiger partial charge in [0.25, 0.3) is 11.8 Å². The summed E-state index contributed by atoms with van der Waals surface area (Å²) >= 11 is 6.54. The van der Waals surface area contributed by atoms with Crippen LogP contribution in [0.4, 0.5) is 24.8 Å². The number of thiazole rings is 1. The van der Waals surface area contributed by atoms with Crippen molar-refractivity contribution in [3.05, 3.63) is 75.3 Å². The van der Waals surface area contributed by atoms with Crippen molar-refractivity contribution in [3.63, 3.8) is 0 Å². The lowest BCUT2D eigenvalue weighted by Gasteiger charge is -2.27. The van der Waals surface area contributed by atoms with E-state index in [0.717, 1.165) is 36.4 Å². The van der Waals surface area contributed by atoms with E-state index < -0.39 is 34.6 Å². The first kappa shape index (κ1) is 29.3. The third kappa shape index (κ3) is 6.80. The van der Waals surface area contributed by atoms with Crippen molar-refractivity contribution >= 4 is 46.4 Å². The molecule has 1 saturated heterocycles. The van der Waals surface area contributed by atoms with E-state index in [-0.39, 0.29) is 16.4 Å². The Hall–Kier alpha value is -4.21. The van der Waals surface area contributed by atoms with Crippen molar-refractivity contribution < 1.29 is 27.5 Å². The Morgan fingerprint density at radius 3 is 2.52 bits per heavy atom. The molecule has 0 radical (unpaired) electrons. The minimum Gasteiger partial charge on any atom is -0.378 e. The molecule has 1 fully saturated rings. The Bertz CT molecular complexity index is 1600. The fourth-order valence-corrected chi connectivity index (χ4v) is 5.01. The number of alkyl halides is 3. The van der Waals surface area contributed by atoms with Gasteiger partial charge in [-0.1, -0.05) is 11.6 Å². The van der Waals surface area contributed by atoms with Gasteiger partial charge in [-0.15, -0.1) is 11.3 Å². The summed E-state index contributed by atoms with van der Waals surface area (Å²) in [5, 5.41) is 4.89. The number of hydrogen-bond acceptors (Lipinski definition) is 10. The summed E-state index contributed by atoms with van der Waals surface area (Å²) in [6, 6.07) is 5.34. The van der Waals surface area contributed by atoms with Gasteiger partial charge in [-0.2, -0.15) is 13.2 Å². The maximum Gasteiger partial charge on any atom is 0.418 e. The molecule has 4 aromatic heterocycles. The van der Waals surface area contributed by atoms with Crippen molar-refractivity contribution in [3.8, 4) is 11.3 Å². The molecule has 5 rings (SSSR count). The zero-order valence-electron chi connectivity index (χ0n) is 21.9. The van der Waals surface area contributed by atoms with Gasteiger partial charge < -0.3 is 20.3 Å². The van der Waals surface area contributed by atoms with Crippen LogP contribution in [0.1, 0.15) is 43.7 Å². The molecule has 2 amide bonds. The summed E-state index contributed by atoms with van der Waals surface area (Å²) in [4.78, 5) is 48.5. The number of nitrogens with zero attached hydrogens (tertiary/aromatic N) is 6. The molecule has 4 aromatic rings. The van der Waals surface area contributed by atoms with E-state index in [0.29, 0.717) is 35.5 Å². The summed E-state index contributed by atoms with van der Waals surface area (Å²) in [5.41, 5.74) is 0.226.